The predicted octanol–water partition coefficient (Wildman–Crippen LogP) is 3.94. The first kappa shape index (κ1) is 17.4. The minimum atomic E-state index is -0.426. The van der Waals surface area contributed by atoms with Gasteiger partial charge in [0.05, 0.1) is 4.92 Å². The van der Waals surface area contributed by atoms with Crippen molar-refractivity contribution in [3.05, 3.63) is 82.0 Å². The van der Waals surface area contributed by atoms with Crippen LogP contribution in [0.5, 0.6) is 0 Å². The molecule has 0 aliphatic rings. The fraction of sp³-hybridized carbons (Fsp3) is 0.0625. The van der Waals surface area contributed by atoms with E-state index in [-0.39, 0.29) is 18.1 Å². The zero-order chi connectivity index (χ0) is 15.2. The van der Waals surface area contributed by atoms with Crippen molar-refractivity contribution in [3.8, 4) is 0 Å². The summed E-state index contributed by atoms with van der Waals surface area (Å²) >= 11 is 0. The van der Waals surface area contributed by atoms with Crippen molar-refractivity contribution >= 4 is 30.0 Å². The number of halogens is 1. The number of nitro groups is 1. The maximum atomic E-state index is 10.6. The van der Waals surface area contributed by atoms with Gasteiger partial charge in [-0.3, -0.25) is 15.5 Å². The van der Waals surface area contributed by atoms with E-state index in [1.807, 2.05) is 30.3 Å². The first-order valence-electron chi connectivity index (χ1n) is 6.37. The van der Waals surface area contributed by atoms with Gasteiger partial charge in [-0.05, 0) is 23.8 Å². The standard InChI is InChI=1S/C16H15N3O2.ClH/c1-18(16(17)14-5-3-2-4-6-14)12-11-13-7-9-15(10-8-13)19(20)21;/h2-12,17H,1H3;1H/b12-11+,17-16?;. The van der Waals surface area contributed by atoms with Gasteiger partial charge in [-0.25, -0.2) is 0 Å². The Bertz CT molecular complexity index is 670. The molecule has 0 atom stereocenters. The van der Waals surface area contributed by atoms with Crippen LogP contribution in [0.1, 0.15) is 11.1 Å². The first-order valence-corrected chi connectivity index (χ1v) is 6.37. The van der Waals surface area contributed by atoms with Crippen molar-refractivity contribution in [2.45, 2.75) is 0 Å². The summed E-state index contributed by atoms with van der Waals surface area (Å²) < 4.78 is 0. The highest BCUT2D eigenvalue weighted by molar-refractivity contribution is 5.97. The molecule has 0 heterocycles. The van der Waals surface area contributed by atoms with Gasteiger partial charge in [0.1, 0.15) is 5.84 Å². The van der Waals surface area contributed by atoms with Gasteiger partial charge in [0.2, 0.25) is 0 Å². The Morgan fingerprint density at radius 1 is 1.14 bits per heavy atom. The molecular formula is C16H16ClN3O2. The van der Waals surface area contributed by atoms with E-state index in [4.69, 9.17) is 5.41 Å². The molecule has 0 unspecified atom stereocenters. The number of nitro benzene ring substituents is 1. The van der Waals surface area contributed by atoms with E-state index in [0.717, 1.165) is 11.1 Å². The lowest BCUT2D eigenvalue weighted by atomic mass is 10.2. The van der Waals surface area contributed by atoms with E-state index in [2.05, 4.69) is 0 Å². The average molecular weight is 318 g/mol. The summed E-state index contributed by atoms with van der Waals surface area (Å²) in [7, 11) is 1.79. The van der Waals surface area contributed by atoms with Gasteiger partial charge in [-0.1, -0.05) is 30.3 Å². The van der Waals surface area contributed by atoms with Crippen LogP contribution in [0.2, 0.25) is 0 Å². The summed E-state index contributed by atoms with van der Waals surface area (Å²) in [6.45, 7) is 0. The van der Waals surface area contributed by atoms with Crippen LogP contribution < -0.4 is 0 Å². The van der Waals surface area contributed by atoms with Crippen molar-refractivity contribution in [1.82, 2.24) is 4.90 Å². The molecule has 2 aromatic carbocycles. The van der Waals surface area contributed by atoms with Crippen molar-refractivity contribution in [2.24, 2.45) is 0 Å². The molecule has 1 N–H and O–H groups in total. The number of hydrogen-bond acceptors (Lipinski definition) is 3. The zero-order valence-corrected chi connectivity index (χ0v) is 12.8. The minimum absolute atomic E-state index is 0. The molecule has 0 fully saturated rings. The third-order valence-electron chi connectivity index (χ3n) is 2.99. The predicted molar refractivity (Wildman–Crippen MR) is 90.4 cm³/mol. The second-order valence-corrected chi connectivity index (χ2v) is 4.49. The SMILES string of the molecule is CN(/C=C/c1ccc([N+](=O)[O-])cc1)C(=N)c1ccccc1.Cl. The van der Waals surface area contributed by atoms with Gasteiger partial charge in [-0.2, -0.15) is 0 Å². The maximum absolute atomic E-state index is 10.6. The average Bonchev–Trinajstić information content (AvgIpc) is 2.53. The van der Waals surface area contributed by atoms with Crippen molar-refractivity contribution < 1.29 is 4.92 Å². The third kappa shape index (κ3) is 4.43. The molecule has 0 saturated heterocycles. The third-order valence-corrected chi connectivity index (χ3v) is 2.99. The molecule has 6 heteroatoms. The van der Waals surface area contributed by atoms with E-state index < -0.39 is 4.92 Å². The molecule has 0 saturated carbocycles. The number of hydrogen-bond donors (Lipinski definition) is 1. The van der Waals surface area contributed by atoms with Gasteiger partial charge < -0.3 is 4.90 Å². The summed E-state index contributed by atoms with van der Waals surface area (Å²) in [5.74, 6) is 0.383. The van der Waals surface area contributed by atoms with E-state index in [1.165, 1.54) is 12.1 Å². The molecule has 5 nitrogen and oxygen atoms in total. The van der Waals surface area contributed by atoms with Crippen LogP contribution in [0, 0.1) is 15.5 Å². The minimum Gasteiger partial charge on any atom is -0.336 e. The van der Waals surface area contributed by atoms with Crippen LogP contribution in [-0.2, 0) is 0 Å². The van der Waals surface area contributed by atoms with E-state index in [0.29, 0.717) is 5.84 Å². The van der Waals surface area contributed by atoms with E-state index >= 15 is 0 Å². The highest BCUT2D eigenvalue weighted by Crippen LogP contribution is 2.13. The molecule has 0 amide bonds. The Balaban J connectivity index is 0.00000242. The van der Waals surface area contributed by atoms with Gasteiger partial charge in [-0.15, -0.1) is 12.4 Å². The van der Waals surface area contributed by atoms with Crippen LogP contribution in [0.25, 0.3) is 6.08 Å². The van der Waals surface area contributed by atoms with Crippen LogP contribution in [0.15, 0.2) is 60.8 Å². The Morgan fingerprint density at radius 3 is 2.27 bits per heavy atom. The van der Waals surface area contributed by atoms with Gasteiger partial charge in [0, 0.05) is 30.9 Å². The number of nitrogens with one attached hydrogen (secondary N) is 1. The number of nitrogens with zero attached hydrogens (tertiary/aromatic N) is 2. The molecule has 0 bridgehead atoms. The smallest absolute Gasteiger partial charge is 0.269 e. The summed E-state index contributed by atoms with van der Waals surface area (Å²) in [5.41, 5.74) is 1.74. The quantitative estimate of drug-likeness (QED) is 0.402. The second kappa shape index (κ2) is 7.95. The van der Waals surface area contributed by atoms with Crippen molar-refractivity contribution in [2.75, 3.05) is 7.05 Å². The lowest BCUT2D eigenvalue weighted by Gasteiger charge is -2.15. The zero-order valence-electron chi connectivity index (χ0n) is 12.0. The van der Waals surface area contributed by atoms with Crippen LogP contribution in [-0.4, -0.2) is 22.7 Å². The Morgan fingerprint density at radius 2 is 1.73 bits per heavy atom. The molecule has 0 aliphatic carbocycles. The number of amidine groups is 1. The van der Waals surface area contributed by atoms with Gasteiger partial charge in [0.25, 0.3) is 5.69 Å². The molecule has 0 spiro atoms. The Labute approximate surface area is 135 Å². The molecule has 0 radical (unpaired) electrons. The lowest BCUT2D eigenvalue weighted by molar-refractivity contribution is -0.384. The van der Waals surface area contributed by atoms with E-state index in [9.17, 15) is 10.1 Å². The normalized spacial score (nSPS) is 10.0. The summed E-state index contributed by atoms with van der Waals surface area (Å²) in [4.78, 5) is 11.8. The molecule has 0 aromatic heterocycles. The molecule has 114 valence electrons. The van der Waals surface area contributed by atoms with Gasteiger partial charge in [0.15, 0.2) is 0 Å². The fourth-order valence-corrected chi connectivity index (χ4v) is 1.78. The number of rotatable bonds is 4. The van der Waals surface area contributed by atoms with E-state index in [1.54, 1.807) is 36.4 Å². The Kier molecular flexibility index (Phi) is 6.28. The maximum Gasteiger partial charge on any atom is 0.269 e. The molecule has 22 heavy (non-hydrogen) atoms. The second-order valence-electron chi connectivity index (χ2n) is 4.49. The number of non-ortho nitro benzene ring substituents is 1. The summed E-state index contributed by atoms with van der Waals surface area (Å²) in [6.07, 6.45) is 3.57. The molecule has 2 aromatic rings. The van der Waals surface area contributed by atoms with Crippen molar-refractivity contribution in [3.63, 3.8) is 0 Å². The first-order chi connectivity index (χ1) is 10.1. The monoisotopic (exact) mass is 317 g/mol. The lowest BCUT2D eigenvalue weighted by Crippen LogP contribution is -2.20. The highest BCUT2D eigenvalue weighted by atomic mass is 35.5. The summed E-state index contributed by atoms with van der Waals surface area (Å²) in [6, 6.07) is 15.7. The molecule has 0 aliphatic heterocycles. The Hall–Kier alpha value is -2.66. The van der Waals surface area contributed by atoms with Crippen LogP contribution in [0.4, 0.5) is 5.69 Å². The molecule has 2 rings (SSSR count). The molecular weight excluding hydrogens is 302 g/mol. The van der Waals surface area contributed by atoms with Crippen molar-refractivity contribution in [1.29, 1.82) is 5.41 Å². The largest absolute Gasteiger partial charge is 0.336 e. The van der Waals surface area contributed by atoms with Crippen LogP contribution >= 0.6 is 12.4 Å². The highest BCUT2D eigenvalue weighted by Gasteiger charge is 2.04. The fourth-order valence-electron chi connectivity index (χ4n) is 1.78. The topological polar surface area (TPSA) is 70.2 Å². The van der Waals surface area contributed by atoms with Crippen LogP contribution in [0.3, 0.4) is 0 Å². The van der Waals surface area contributed by atoms with Gasteiger partial charge >= 0.3 is 0 Å². The summed E-state index contributed by atoms with van der Waals surface area (Å²) in [5, 5.41) is 18.7. The number of benzene rings is 2.